The Bertz CT molecular complexity index is 1720. The maximum atomic E-state index is 15.2. The maximum Gasteiger partial charge on any atom is 0.432 e. The van der Waals surface area contributed by atoms with E-state index in [1.807, 2.05) is 0 Å². The summed E-state index contributed by atoms with van der Waals surface area (Å²) in [6.07, 6.45) is 1.24. The molecule has 0 radical (unpaired) electrons. The van der Waals surface area contributed by atoms with Crippen molar-refractivity contribution in [3.8, 4) is 28.0 Å². The highest BCUT2D eigenvalue weighted by Crippen LogP contribution is 2.41. The maximum absolute atomic E-state index is 15.2. The summed E-state index contributed by atoms with van der Waals surface area (Å²) in [6, 6.07) is 10.2. The fraction of sp³-hybridized carbons (Fsp3) is 0.278. The first-order valence-corrected chi connectivity index (χ1v) is 14.8. The van der Waals surface area contributed by atoms with E-state index in [1.165, 1.54) is 12.1 Å². The summed E-state index contributed by atoms with van der Waals surface area (Å²) >= 11 is 0. The van der Waals surface area contributed by atoms with Crippen LogP contribution in [-0.2, 0) is 6.11 Å². The number of hydrogen-bond acceptors (Lipinski definition) is 1. The largest absolute Gasteiger partial charge is 0.432 e. The van der Waals surface area contributed by atoms with Crippen molar-refractivity contribution in [2.24, 2.45) is 5.92 Å². The van der Waals surface area contributed by atoms with Gasteiger partial charge in [-0.3, -0.25) is 0 Å². The molecule has 0 saturated heterocycles. The second-order valence-electron chi connectivity index (χ2n) is 11.3. The molecule has 0 heterocycles. The van der Waals surface area contributed by atoms with Crippen molar-refractivity contribution in [2.75, 3.05) is 0 Å². The first-order chi connectivity index (χ1) is 21.9. The molecule has 1 aliphatic rings. The van der Waals surface area contributed by atoms with Gasteiger partial charge in [-0.15, -0.1) is 0 Å². The Hall–Kier alpha value is -4.21. The van der Waals surface area contributed by atoms with Gasteiger partial charge < -0.3 is 4.74 Å². The first-order valence-electron chi connectivity index (χ1n) is 14.8. The molecule has 0 amide bonds. The molecule has 0 aliphatic heterocycles. The molecule has 4 aromatic carbocycles. The van der Waals surface area contributed by atoms with Gasteiger partial charge in [0.05, 0.1) is 5.56 Å². The molecule has 1 aliphatic carbocycles. The van der Waals surface area contributed by atoms with Crippen LogP contribution in [0.2, 0.25) is 0 Å². The molecule has 1 nitrogen and oxygen atoms in total. The Morgan fingerprint density at radius 2 is 1.33 bits per heavy atom. The third kappa shape index (κ3) is 7.11. The van der Waals surface area contributed by atoms with Gasteiger partial charge in [0.2, 0.25) is 0 Å². The SMILES string of the molecule is CC/C=C/C1CCC(c2ccc(-c3cc(F)c(C(F)(F)Oc4ccc(-c5ccc(C(F)F)c(F)c5)c(F)c4)c(F)c3)c(F)c2)CC1. The average molecular weight is 649 g/mol. The minimum absolute atomic E-state index is 0.132. The average Bonchev–Trinajstić information content (AvgIpc) is 2.99. The highest BCUT2D eigenvalue weighted by molar-refractivity contribution is 5.67. The molecule has 46 heavy (non-hydrogen) atoms. The lowest BCUT2D eigenvalue weighted by molar-refractivity contribution is -0.189. The van der Waals surface area contributed by atoms with E-state index in [0.717, 1.165) is 61.9 Å². The van der Waals surface area contributed by atoms with Crippen molar-refractivity contribution in [3.63, 3.8) is 0 Å². The monoisotopic (exact) mass is 648 g/mol. The molecule has 0 atom stereocenters. The molecule has 10 heteroatoms. The van der Waals surface area contributed by atoms with E-state index >= 15 is 22.0 Å². The fourth-order valence-corrected chi connectivity index (χ4v) is 5.86. The lowest BCUT2D eigenvalue weighted by Gasteiger charge is -2.27. The van der Waals surface area contributed by atoms with Crippen molar-refractivity contribution in [3.05, 3.63) is 125 Å². The number of allylic oxidation sites excluding steroid dienone is 2. The predicted octanol–water partition coefficient (Wildman–Crippen LogP) is 12.0. The van der Waals surface area contributed by atoms with Gasteiger partial charge >= 0.3 is 6.11 Å². The molecular weight excluding hydrogens is 619 g/mol. The van der Waals surface area contributed by atoms with Crippen molar-refractivity contribution >= 4 is 0 Å². The zero-order valence-electron chi connectivity index (χ0n) is 24.6. The summed E-state index contributed by atoms with van der Waals surface area (Å²) < 4.78 is 134. The fourth-order valence-electron chi connectivity index (χ4n) is 5.86. The highest BCUT2D eigenvalue weighted by atomic mass is 19.3. The molecule has 4 aromatic rings. The van der Waals surface area contributed by atoms with Gasteiger partial charge in [-0.2, -0.15) is 8.78 Å². The Labute approximate surface area is 260 Å². The van der Waals surface area contributed by atoms with Crippen LogP contribution < -0.4 is 4.74 Å². The van der Waals surface area contributed by atoms with Crippen LogP contribution in [0.15, 0.2) is 78.9 Å². The molecular formula is C36H29F9O. The van der Waals surface area contributed by atoms with Gasteiger partial charge in [-0.1, -0.05) is 37.3 Å². The minimum atomic E-state index is -4.63. The first kappa shape index (κ1) is 33.2. The van der Waals surface area contributed by atoms with Gasteiger partial charge in [0, 0.05) is 17.2 Å². The minimum Gasteiger partial charge on any atom is -0.429 e. The quantitative estimate of drug-likeness (QED) is 0.130. The second-order valence-corrected chi connectivity index (χ2v) is 11.3. The van der Waals surface area contributed by atoms with E-state index < -0.39 is 58.5 Å². The Kier molecular flexibility index (Phi) is 9.84. The van der Waals surface area contributed by atoms with Crippen molar-refractivity contribution in [1.29, 1.82) is 0 Å². The number of hydrogen-bond donors (Lipinski definition) is 0. The van der Waals surface area contributed by atoms with E-state index in [2.05, 4.69) is 23.8 Å². The van der Waals surface area contributed by atoms with Crippen molar-refractivity contribution in [1.82, 2.24) is 0 Å². The summed E-state index contributed by atoms with van der Waals surface area (Å²) in [6.45, 7) is 2.07. The van der Waals surface area contributed by atoms with E-state index in [0.29, 0.717) is 30.2 Å². The van der Waals surface area contributed by atoms with Crippen LogP contribution >= 0.6 is 0 Å². The van der Waals surface area contributed by atoms with E-state index in [1.54, 1.807) is 6.07 Å². The summed E-state index contributed by atoms with van der Waals surface area (Å²) in [4.78, 5) is 0. The van der Waals surface area contributed by atoms with Crippen LogP contribution in [0.4, 0.5) is 39.5 Å². The van der Waals surface area contributed by atoms with Crippen LogP contribution in [0.1, 0.15) is 68.1 Å². The topological polar surface area (TPSA) is 9.23 Å². The van der Waals surface area contributed by atoms with Crippen molar-refractivity contribution < 1.29 is 44.3 Å². The Morgan fingerprint density at radius 1 is 0.717 bits per heavy atom. The third-order valence-corrected chi connectivity index (χ3v) is 8.26. The number of ether oxygens (including phenoxy) is 1. The smallest absolute Gasteiger partial charge is 0.429 e. The van der Waals surface area contributed by atoms with E-state index in [-0.39, 0.29) is 28.2 Å². The molecule has 5 rings (SSSR count). The normalized spacial score (nSPS) is 17.2. The lowest BCUT2D eigenvalue weighted by atomic mass is 9.78. The number of rotatable bonds is 9. The number of benzene rings is 4. The molecule has 0 bridgehead atoms. The van der Waals surface area contributed by atoms with E-state index in [9.17, 15) is 17.6 Å². The predicted molar refractivity (Wildman–Crippen MR) is 157 cm³/mol. The van der Waals surface area contributed by atoms with Gasteiger partial charge in [0.1, 0.15) is 40.4 Å². The molecule has 0 aromatic heterocycles. The van der Waals surface area contributed by atoms with Gasteiger partial charge in [0.15, 0.2) is 0 Å². The van der Waals surface area contributed by atoms with E-state index in [4.69, 9.17) is 0 Å². The summed E-state index contributed by atoms with van der Waals surface area (Å²) in [5, 5.41) is 0. The van der Waals surface area contributed by atoms with Gasteiger partial charge in [0.25, 0.3) is 6.43 Å². The lowest BCUT2D eigenvalue weighted by Crippen LogP contribution is -2.25. The zero-order valence-corrected chi connectivity index (χ0v) is 24.6. The highest BCUT2D eigenvalue weighted by Gasteiger charge is 2.41. The zero-order chi connectivity index (χ0) is 33.2. The van der Waals surface area contributed by atoms with Gasteiger partial charge in [-0.05, 0) is 103 Å². The molecule has 0 spiro atoms. The van der Waals surface area contributed by atoms with Crippen LogP contribution in [-0.4, -0.2) is 0 Å². The number of halogens is 9. The van der Waals surface area contributed by atoms with Crippen LogP contribution in [0.25, 0.3) is 22.3 Å². The molecule has 1 fully saturated rings. The van der Waals surface area contributed by atoms with Crippen LogP contribution in [0.3, 0.4) is 0 Å². The van der Waals surface area contributed by atoms with Crippen LogP contribution in [0.5, 0.6) is 5.75 Å². The summed E-state index contributed by atoms with van der Waals surface area (Å²) in [5.74, 6) is -6.86. The molecule has 0 unspecified atom stereocenters. The van der Waals surface area contributed by atoms with Gasteiger partial charge in [-0.25, -0.2) is 30.7 Å². The molecule has 1 saturated carbocycles. The molecule has 242 valence electrons. The summed E-state index contributed by atoms with van der Waals surface area (Å²) in [5.41, 5.74) is -2.85. The summed E-state index contributed by atoms with van der Waals surface area (Å²) in [7, 11) is 0. The van der Waals surface area contributed by atoms with Crippen molar-refractivity contribution in [2.45, 2.75) is 57.5 Å². The van der Waals surface area contributed by atoms with Crippen LogP contribution in [0, 0.1) is 35.0 Å². The Morgan fingerprint density at radius 3 is 1.91 bits per heavy atom. The number of alkyl halides is 4. The second kappa shape index (κ2) is 13.6. The Balaban J connectivity index is 1.33. The third-order valence-electron chi connectivity index (χ3n) is 8.26. The standard InChI is InChI=1S/C36H29F9O/c1-2-3-4-20-5-7-21(8-6-20)22-9-12-27(29(37)15-22)24-17-32(40)34(33(41)18-24)36(44,45)46-25-11-14-26(31(39)19-25)23-10-13-28(35(42)43)30(38)16-23/h3-4,9-21,35H,2,5-8H2,1H3/b4-3+. The molecule has 0 N–H and O–H groups in total.